The molecule has 4 heteroatoms. The number of methoxy groups -OCH3 is 1. The van der Waals surface area contributed by atoms with Gasteiger partial charge in [0, 0.05) is 13.2 Å². The summed E-state index contributed by atoms with van der Waals surface area (Å²) in [5.74, 6) is 3.06. The van der Waals surface area contributed by atoms with Crippen LogP contribution in [0.3, 0.4) is 0 Å². The highest BCUT2D eigenvalue weighted by atomic mass is 32.2. The first-order valence-corrected chi connectivity index (χ1v) is 7.54. The van der Waals surface area contributed by atoms with Crippen molar-refractivity contribution in [2.45, 2.75) is 43.7 Å². The van der Waals surface area contributed by atoms with Gasteiger partial charge in [0.1, 0.15) is 11.5 Å². The van der Waals surface area contributed by atoms with Gasteiger partial charge in [-0.15, -0.1) is 0 Å². The minimum Gasteiger partial charge on any atom is -0.464 e. The lowest BCUT2D eigenvalue weighted by Gasteiger charge is -2.11. The molecule has 0 bridgehead atoms. The monoisotopic (exact) mass is 255 g/mol. The van der Waals surface area contributed by atoms with Crippen LogP contribution in [-0.4, -0.2) is 25.5 Å². The van der Waals surface area contributed by atoms with Crippen LogP contribution in [0, 0.1) is 0 Å². The van der Waals surface area contributed by atoms with Crippen LogP contribution in [0.2, 0.25) is 0 Å². The SMILES string of the molecule is COC1CCC(NCc2ccc(CSC)o2)C1. The molecule has 0 radical (unpaired) electrons. The lowest BCUT2D eigenvalue weighted by molar-refractivity contribution is 0.107. The maximum Gasteiger partial charge on any atom is 0.118 e. The van der Waals surface area contributed by atoms with Crippen LogP contribution >= 0.6 is 11.8 Å². The van der Waals surface area contributed by atoms with E-state index in [9.17, 15) is 0 Å². The lowest BCUT2D eigenvalue weighted by Crippen LogP contribution is -2.26. The summed E-state index contributed by atoms with van der Waals surface area (Å²) in [6.45, 7) is 0.829. The summed E-state index contributed by atoms with van der Waals surface area (Å²) in [7, 11) is 1.80. The zero-order valence-electron chi connectivity index (χ0n) is 10.6. The number of hydrogen-bond donors (Lipinski definition) is 1. The zero-order valence-corrected chi connectivity index (χ0v) is 11.4. The standard InChI is InChI=1S/C13H21NO2S/c1-15-11-4-3-10(7-11)14-8-12-5-6-13(16-12)9-17-2/h5-6,10-11,14H,3-4,7-9H2,1-2H3. The van der Waals surface area contributed by atoms with E-state index in [0.29, 0.717) is 12.1 Å². The number of furan rings is 1. The maximum absolute atomic E-state index is 5.72. The molecule has 1 fully saturated rings. The third-order valence-electron chi connectivity index (χ3n) is 3.29. The second kappa shape index (κ2) is 6.47. The summed E-state index contributed by atoms with van der Waals surface area (Å²) < 4.78 is 11.1. The summed E-state index contributed by atoms with van der Waals surface area (Å²) >= 11 is 1.78. The van der Waals surface area contributed by atoms with Gasteiger partial charge in [0.25, 0.3) is 0 Å². The fourth-order valence-corrected chi connectivity index (χ4v) is 2.76. The Morgan fingerprint density at radius 2 is 2.24 bits per heavy atom. The molecule has 0 aromatic carbocycles. The van der Waals surface area contributed by atoms with Crippen molar-refractivity contribution in [1.29, 1.82) is 0 Å². The van der Waals surface area contributed by atoms with E-state index in [2.05, 4.69) is 23.7 Å². The Balaban J connectivity index is 1.74. The predicted octanol–water partition coefficient (Wildman–Crippen LogP) is 2.80. The van der Waals surface area contributed by atoms with Crippen molar-refractivity contribution >= 4 is 11.8 Å². The summed E-state index contributed by atoms with van der Waals surface area (Å²) in [5.41, 5.74) is 0. The van der Waals surface area contributed by atoms with Crippen molar-refractivity contribution < 1.29 is 9.15 Å². The van der Waals surface area contributed by atoms with Crippen LogP contribution < -0.4 is 5.32 Å². The number of ether oxygens (including phenoxy) is 1. The Hall–Kier alpha value is -0.450. The maximum atomic E-state index is 5.72. The molecule has 96 valence electrons. The first-order valence-electron chi connectivity index (χ1n) is 6.14. The van der Waals surface area contributed by atoms with Crippen LogP contribution in [0.15, 0.2) is 16.5 Å². The minimum atomic E-state index is 0.441. The van der Waals surface area contributed by atoms with Crippen molar-refractivity contribution in [2.24, 2.45) is 0 Å². The van der Waals surface area contributed by atoms with Crippen molar-refractivity contribution in [2.75, 3.05) is 13.4 Å². The molecule has 2 atom stereocenters. The molecular formula is C13H21NO2S. The number of hydrogen-bond acceptors (Lipinski definition) is 4. The normalized spacial score (nSPS) is 24.4. The first kappa shape index (κ1) is 13.0. The quantitative estimate of drug-likeness (QED) is 0.847. The van der Waals surface area contributed by atoms with E-state index in [4.69, 9.17) is 9.15 Å². The van der Waals surface area contributed by atoms with E-state index in [0.717, 1.165) is 30.2 Å². The Morgan fingerprint density at radius 1 is 1.41 bits per heavy atom. The summed E-state index contributed by atoms with van der Waals surface area (Å²) in [6.07, 6.45) is 6.02. The fraction of sp³-hybridized carbons (Fsp3) is 0.692. The average molecular weight is 255 g/mol. The molecule has 1 N–H and O–H groups in total. The Bertz CT molecular complexity index is 340. The van der Waals surface area contributed by atoms with E-state index in [1.807, 2.05) is 0 Å². The summed E-state index contributed by atoms with van der Waals surface area (Å²) in [6, 6.07) is 4.72. The molecule has 0 aliphatic heterocycles. The molecule has 1 aliphatic carbocycles. The Kier molecular flexibility index (Phi) is 4.95. The highest BCUT2D eigenvalue weighted by Gasteiger charge is 2.23. The number of rotatable bonds is 6. The van der Waals surface area contributed by atoms with Gasteiger partial charge in [0.2, 0.25) is 0 Å². The van der Waals surface area contributed by atoms with Gasteiger partial charge < -0.3 is 14.5 Å². The highest BCUT2D eigenvalue weighted by molar-refractivity contribution is 7.97. The summed E-state index contributed by atoms with van der Waals surface area (Å²) in [5, 5.41) is 3.54. The van der Waals surface area contributed by atoms with Crippen LogP contribution in [0.4, 0.5) is 0 Å². The highest BCUT2D eigenvalue weighted by Crippen LogP contribution is 2.22. The van der Waals surface area contributed by atoms with E-state index < -0.39 is 0 Å². The van der Waals surface area contributed by atoms with Gasteiger partial charge in [-0.3, -0.25) is 0 Å². The molecule has 0 amide bonds. The van der Waals surface area contributed by atoms with E-state index in [-0.39, 0.29) is 0 Å². The topological polar surface area (TPSA) is 34.4 Å². The molecule has 17 heavy (non-hydrogen) atoms. The second-order valence-corrected chi connectivity index (χ2v) is 5.42. The van der Waals surface area contributed by atoms with Crippen LogP contribution in [0.5, 0.6) is 0 Å². The smallest absolute Gasteiger partial charge is 0.118 e. The minimum absolute atomic E-state index is 0.441. The van der Waals surface area contributed by atoms with Crippen LogP contribution in [0.1, 0.15) is 30.8 Å². The molecule has 1 aromatic heterocycles. The molecule has 2 rings (SSSR count). The molecule has 3 nitrogen and oxygen atoms in total. The Morgan fingerprint density at radius 3 is 2.94 bits per heavy atom. The fourth-order valence-electron chi connectivity index (χ4n) is 2.32. The van der Waals surface area contributed by atoms with E-state index in [1.54, 1.807) is 18.9 Å². The van der Waals surface area contributed by atoms with Gasteiger partial charge in [-0.2, -0.15) is 11.8 Å². The summed E-state index contributed by atoms with van der Waals surface area (Å²) in [4.78, 5) is 0. The number of nitrogens with one attached hydrogen (secondary N) is 1. The van der Waals surface area contributed by atoms with E-state index in [1.165, 1.54) is 12.8 Å². The van der Waals surface area contributed by atoms with Crippen LogP contribution in [-0.2, 0) is 17.0 Å². The van der Waals surface area contributed by atoms with Crippen molar-refractivity contribution in [3.05, 3.63) is 23.7 Å². The van der Waals surface area contributed by atoms with Gasteiger partial charge in [-0.25, -0.2) is 0 Å². The molecule has 1 heterocycles. The molecular weight excluding hydrogens is 234 g/mol. The lowest BCUT2D eigenvalue weighted by atomic mass is 10.2. The average Bonchev–Trinajstić information content (AvgIpc) is 2.95. The molecule has 1 aliphatic rings. The van der Waals surface area contributed by atoms with Gasteiger partial charge in [0.05, 0.1) is 18.4 Å². The molecule has 0 spiro atoms. The van der Waals surface area contributed by atoms with Crippen molar-refractivity contribution in [3.8, 4) is 0 Å². The van der Waals surface area contributed by atoms with Gasteiger partial charge in [-0.1, -0.05) is 0 Å². The molecule has 0 saturated heterocycles. The van der Waals surface area contributed by atoms with Gasteiger partial charge in [-0.05, 0) is 37.7 Å². The molecule has 1 saturated carbocycles. The first-order chi connectivity index (χ1) is 8.31. The second-order valence-electron chi connectivity index (χ2n) is 4.55. The molecule has 2 unspecified atom stereocenters. The van der Waals surface area contributed by atoms with Crippen molar-refractivity contribution in [1.82, 2.24) is 5.32 Å². The zero-order chi connectivity index (χ0) is 12.1. The van der Waals surface area contributed by atoms with E-state index >= 15 is 0 Å². The van der Waals surface area contributed by atoms with Crippen LogP contribution in [0.25, 0.3) is 0 Å². The Labute approximate surface area is 107 Å². The van der Waals surface area contributed by atoms with Gasteiger partial charge in [0.15, 0.2) is 0 Å². The third-order valence-corrected chi connectivity index (χ3v) is 3.86. The van der Waals surface area contributed by atoms with Gasteiger partial charge >= 0.3 is 0 Å². The predicted molar refractivity (Wildman–Crippen MR) is 71.2 cm³/mol. The largest absolute Gasteiger partial charge is 0.464 e. The third kappa shape index (κ3) is 3.76. The number of thioether (sulfide) groups is 1. The molecule has 1 aromatic rings. The van der Waals surface area contributed by atoms with Crippen molar-refractivity contribution in [3.63, 3.8) is 0 Å².